The van der Waals surface area contributed by atoms with Crippen molar-refractivity contribution in [2.45, 2.75) is 64.5 Å². The number of carbonyl (C=O) groups is 4. The first kappa shape index (κ1) is 28.9. The Labute approximate surface area is 213 Å². The maximum Gasteiger partial charge on any atom is 0.410 e. The molecule has 1 aromatic carbocycles. The Hall–Kier alpha value is -3.36. The molecule has 36 heavy (non-hydrogen) atoms. The molecular weight excluding hydrogens is 462 g/mol. The smallest absolute Gasteiger partial charge is 0.410 e. The molecular formula is C27H39N3O6. The fourth-order valence-corrected chi connectivity index (χ4v) is 3.75. The van der Waals surface area contributed by atoms with Crippen LogP contribution in [0.4, 0.5) is 4.79 Å². The van der Waals surface area contributed by atoms with Gasteiger partial charge in [0, 0.05) is 19.5 Å². The number of esters is 1. The molecule has 0 fully saturated rings. The minimum Gasteiger partial charge on any atom is -0.467 e. The lowest BCUT2D eigenvalue weighted by atomic mass is 10.1. The van der Waals surface area contributed by atoms with Gasteiger partial charge in [0.1, 0.15) is 18.2 Å². The average molecular weight is 502 g/mol. The van der Waals surface area contributed by atoms with E-state index in [2.05, 4.69) is 17.5 Å². The summed E-state index contributed by atoms with van der Waals surface area (Å²) >= 11 is 0. The summed E-state index contributed by atoms with van der Waals surface area (Å²) in [5, 5.41) is 2.71. The molecule has 2 rings (SSSR count). The molecule has 1 aliphatic heterocycles. The first-order valence-electron chi connectivity index (χ1n) is 12.4. The minimum atomic E-state index is -0.881. The first-order valence-corrected chi connectivity index (χ1v) is 12.4. The Morgan fingerprint density at radius 3 is 2.28 bits per heavy atom. The zero-order chi connectivity index (χ0) is 26.6. The summed E-state index contributed by atoms with van der Waals surface area (Å²) in [6.45, 7) is 5.62. The molecule has 1 N–H and O–H groups in total. The van der Waals surface area contributed by atoms with Crippen LogP contribution in [0.1, 0.15) is 52.0 Å². The van der Waals surface area contributed by atoms with Crippen molar-refractivity contribution in [2.75, 3.05) is 33.3 Å². The summed E-state index contributed by atoms with van der Waals surface area (Å²) in [5.74, 6) is -1.38. The number of ether oxygens (including phenoxy) is 2. The largest absolute Gasteiger partial charge is 0.467 e. The topological polar surface area (TPSA) is 105 Å². The number of hydrogen-bond acceptors (Lipinski definition) is 6. The maximum absolute atomic E-state index is 13.2. The van der Waals surface area contributed by atoms with E-state index in [1.165, 1.54) is 16.9 Å². The number of nitrogens with zero attached hydrogens (tertiary/aromatic N) is 2. The van der Waals surface area contributed by atoms with Gasteiger partial charge in [-0.3, -0.25) is 14.5 Å². The van der Waals surface area contributed by atoms with E-state index in [4.69, 9.17) is 9.47 Å². The first-order chi connectivity index (χ1) is 17.1. The predicted molar refractivity (Wildman–Crippen MR) is 136 cm³/mol. The predicted octanol–water partition coefficient (Wildman–Crippen LogP) is 3.08. The number of hydrogen-bond donors (Lipinski definition) is 1. The van der Waals surface area contributed by atoms with E-state index >= 15 is 0 Å². The normalized spacial score (nSPS) is 17.3. The van der Waals surface area contributed by atoms with Crippen molar-refractivity contribution in [1.82, 2.24) is 15.1 Å². The molecule has 9 heteroatoms. The second-order valence-corrected chi connectivity index (χ2v) is 9.81. The molecule has 0 aliphatic carbocycles. The Morgan fingerprint density at radius 1 is 1.03 bits per heavy atom. The number of allylic oxidation sites excluding steroid dienone is 2. The van der Waals surface area contributed by atoms with Crippen LogP contribution in [0.2, 0.25) is 0 Å². The van der Waals surface area contributed by atoms with Gasteiger partial charge < -0.3 is 19.7 Å². The van der Waals surface area contributed by atoms with Crippen molar-refractivity contribution in [3.63, 3.8) is 0 Å². The van der Waals surface area contributed by atoms with Crippen molar-refractivity contribution in [3.05, 3.63) is 48.0 Å². The Kier molecular flexibility index (Phi) is 11.4. The summed E-state index contributed by atoms with van der Waals surface area (Å²) < 4.78 is 10.4. The Bertz CT molecular complexity index is 910. The maximum atomic E-state index is 13.2. The molecule has 0 unspecified atom stereocenters. The van der Waals surface area contributed by atoms with Crippen LogP contribution >= 0.6 is 0 Å². The van der Waals surface area contributed by atoms with E-state index in [1.54, 1.807) is 20.8 Å². The van der Waals surface area contributed by atoms with Gasteiger partial charge in [-0.25, -0.2) is 9.59 Å². The quantitative estimate of drug-likeness (QED) is 0.474. The fraction of sp³-hybridized carbons (Fsp3) is 0.556. The number of benzene rings is 1. The molecule has 0 bridgehead atoms. The van der Waals surface area contributed by atoms with Gasteiger partial charge in [0.25, 0.3) is 0 Å². The monoisotopic (exact) mass is 501 g/mol. The number of nitrogens with one attached hydrogen (secondary N) is 1. The highest BCUT2D eigenvalue weighted by Gasteiger charge is 2.28. The van der Waals surface area contributed by atoms with Crippen LogP contribution in [0.3, 0.4) is 0 Å². The molecule has 198 valence electrons. The Balaban J connectivity index is 2.11. The minimum absolute atomic E-state index is 0.184. The summed E-state index contributed by atoms with van der Waals surface area (Å²) in [4.78, 5) is 54.0. The van der Waals surface area contributed by atoms with Gasteiger partial charge in [-0.15, -0.1) is 0 Å². The van der Waals surface area contributed by atoms with Crippen LogP contribution in [0.5, 0.6) is 0 Å². The molecule has 0 saturated carbocycles. The molecule has 1 aliphatic rings. The summed E-state index contributed by atoms with van der Waals surface area (Å²) in [5.41, 5.74) is 0.181. The van der Waals surface area contributed by atoms with Crippen LogP contribution in [-0.4, -0.2) is 78.6 Å². The molecule has 1 aromatic rings. The van der Waals surface area contributed by atoms with Crippen molar-refractivity contribution in [3.8, 4) is 0 Å². The lowest BCUT2D eigenvalue weighted by Crippen LogP contribution is -2.50. The van der Waals surface area contributed by atoms with Gasteiger partial charge in [-0.05, 0) is 52.0 Å². The summed E-state index contributed by atoms with van der Waals surface area (Å²) in [6.07, 6.45) is 6.78. The van der Waals surface area contributed by atoms with Gasteiger partial charge in [0.15, 0.2) is 0 Å². The molecule has 1 atom stereocenters. The zero-order valence-corrected chi connectivity index (χ0v) is 21.8. The zero-order valence-electron chi connectivity index (χ0n) is 21.8. The lowest BCUT2D eigenvalue weighted by Gasteiger charge is -2.30. The summed E-state index contributed by atoms with van der Waals surface area (Å²) in [7, 11) is 1.27. The molecule has 0 radical (unpaired) electrons. The van der Waals surface area contributed by atoms with Gasteiger partial charge in [-0.2, -0.15) is 0 Å². The fourth-order valence-electron chi connectivity index (χ4n) is 3.75. The third-order valence-electron chi connectivity index (χ3n) is 5.53. The van der Waals surface area contributed by atoms with Crippen LogP contribution < -0.4 is 5.32 Å². The van der Waals surface area contributed by atoms with E-state index in [1.807, 2.05) is 30.3 Å². The van der Waals surface area contributed by atoms with Crippen LogP contribution in [0.25, 0.3) is 0 Å². The number of amides is 3. The molecule has 1 heterocycles. The van der Waals surface area contributed by atoms with E-state index in [0.29, 0.717) is 25.9 Å². The number of rotatable bonds is 6. The van der Waals surface area contributed by atoms with Gasteiger partial charge >= 0.3 is 12.1 Å². The van der Waals surface area contributed by atoms with Crippen LogP contribution in [-0.2, 0) is 30.3 Å². The van der Waals surface area contributed by atoms with Gasteiger partial charge in [0.05, 0.1) is 13.7 Å². The third kappa shape index (κ3) is 10.5. The highest BCUT2D eigenvalue weighted by atomic mass is 16.6. The van der Waals surface area contributed by atoms with Gasteiger partial charge in [-0.1, -0.05) is 42.5 Å². The molecule has 0 aromatic heterocycles. The number of carbonyl (C=O) groups excluding carboxylic acids is 4. The van der Waals surface area contributed by atoms with E-state index < -0.39 is 29.6 Å². The molecule has 9 nitrogen and oxygen atoms in total. The van der Waals surface area contributed by atoms with Crippen molar-refractivity contribution in [2.24, 2.45) is 0 Å². The Morgan fingerprint density at radius 2 is 1.67 bits per heavy atom. The summed E-state index contributed by atoms with van der Waals surface area (Å²) in [6, 6.07) is 8.42. The highest BCUT2D eigenvalue weighted by Crippen LogP contribution is 2.12. The second-order valence-electron chi connectivity index (χ2n) is 9.81. The average Bonchev–Trinajstić information content (AvgIpc) is 2.81. The highest BCUT2D eigenvalue weighted by molar-refractivity contribution is 5.89. The second kappa shape index (κ2) is 14.3. The van der Waals surface area contributed by atoms with Crippen molar-refractivity contribution >= 4 is 23.9 Å². The van der Waals surface area contributed by atoms with Gasteiger partial charge in [0.2, 0.25) is 11.8 Å². The van der Waals surface area contributed by atoms with Crippen LogP contribution in [0, 0.1) is 0 Å². The third-order valence-corrected chi connectivity index (χ3v) is 5.53. The molecule has 0 saturated heterocycles. The molecule has 3 amide bonds. The van der Waals surface area contributed by atoms with E-state index in [-0.39, 0.29) is 25.4 Å². The standard InChI is InChI=1S/C27H39N3O6/c1-27(2,3)36-26(34)30-17-13-8-6-5-7-12-16-29(24(32)20-30)19-23(31)28-22(25(33)35-4)18-21-14-10-9-11-15-21/h5-6,9-11,14-15,22H,7-8,12-13,16-20H2,1-4H3,(H,28,31)/b6-5+/t22-/m0/s1. The SMILES string of the molecule is COC(=O)[C@H](Cc1ccccc1)NC(=O)CN1CCC/C=C/CCCN(C(=O)OC(C)(C)C)CC1=O. The molecule has 0 spiro atoms. The number of methoxy groups -OCH3 is 1. The van der Waals surface area contributed by atoms with Crippen molar-refractivity contribution < 1.29 is 28.7 Å². The van der Waals surface area contributed by atoms with E-state index in [0.717, 1.165) is 18.4 Å². The lowest BCUT2D eigenvalue weighted by molar-refractivity contribution is -0.145. The van der Waals surface area contributed by atoms with Crippen molar-refractivity contribution in [1.29, 1.82) is 0 Å². The van der Waals surface area contributed by atoms with Crippen LogP contribution in [0.15, 0.2) is 42.5 Å². The van der Waals surface area contributed by atoms with E-state index in [9.17, 15) is 19.2 Å².